The first kappa shape index (κ1) is 12.0. The quantitative estimate of drug-likeness (QED) is 0.773. The minimum atomic E-state index is -0.529. The maximum atomic E-state index is 11.7. The van der Waals surface area contributed by atoms with E-state index in [0.717, 1.165) is 0 Å². The highest BCUT2D eigenvalue weighted by Gasteiger charge is 2.22. The van der Waals surface area contributed by atoms with Gasteiger partial charge in [0.1, 0.15) is 5.69 Å². The summed E-state index contributed by atoms with van der Waals surface area (Å²) in [6.45, 7) is 5.66. The van der Waals surface area contributed by atoms with Crippen LogP contribution in [0.4, 0.5) is 0 Å². The Balaban J connectivity index is 2.46. The molecule has 2 heterocycles. The summed E-state index contributed by atoms with van der Waals surface area (Å²) in [5.41, 5.74) is 1.20. The molecule has 2 aromatic rings. The first-order valence-electron chi connectivity index (χ1n) is 5.48. The Labute approximate surface area is 104 Å². The summed E-state index contributed by atoms with van der Waals surface area (Å²) in [7, 11) is 0. The lowest BCUT2D eigenvalue weighted by molar-refractivity contribution is 0.0514. The predicted molar refractivity (Wildman–Crippen MR) is 65.8 cm³/mol. The topological polar surface area (TPSA) is 65.2 Å². The van der Waals surface area contributed by atoms with Crippen molar-refractivity contribution in [2.45, 2.75) is 6.92 Å². The molecule has 5 heteroatoms. The van der Waals surface area contributed by atoms with E-state index in [2.05, 4.69) is 16.7 Å². The minimum absolute atomic E-state index is 0.118. The van der Waals surface area contributed by atoms with Crippen LogP contribution >= 0.6 is 0 Å². The smallest absolute Gasteiger partial charge is 0.361 e. The maximum Gasteiger partial charge on any atom is 0.361 e. The lowest BCUT2D eigenvalue weighted by Crippen LogP contribution is -2.06. The van der Waals surface area contributed by atoms with Gasteiger partial charge in [-0.05, 0) is 19.1 Å². The molecule has 0 saturated carbocycles. The second-order valence-electron chi connectivity index (χ2n) is 3.41. The molecule has 0 fully saturated rings. The molecule has 5 nitrogen and oxygen atoms in total. The summed E-state index contributed by atoms with van der Waals surface area (Å²) in [5.74, 6) is -0.119. The van der Waals surface area contributed by atoms with Gasteiger partial charge in [-0.25, -0.2) is 4.79 Å². The monoisotopic (exact) mass is 244 g/mol. The summed E-state index contributed by atoms with van der Waals surface area (Å²) in [5, 5.41) is 3.72. The number of carbonyl (C=O) groups excluding carboxylic acids is 1. The molecular formula is C13H12N2O3. The molecule has 18 heavy (non-hydrogen) atoms. The van der Waals surface area contributed by atoms with Crippen molar-refractivity contribution in [3.8, 4) is 11.5 Å². The van der Waals surface area contributed by atoms with E-state index in [1.54, 1.807) is 25.3 Å². The number of nitrogens with zero attached hydrogens (tertiary/aromatic N) is 2. The summed E-state index contributed by atoms with van der Waals surface area (Å²) in [6.07, 6.45) is 3.14. The van der Waals surface area contributed by atoms with Crippen molar-refractivity contribution in [2.24, 2.45) is 0 Å². The van der Waals surface area contributed by atoms with Crippen LogP contribution in [0, 0.1) is 0 Å². The Morgan fingerprint density at radius 1 is 1.56 bits per heavy atom. The summed E-state index contributed by atoms with van der Waals surface area (Å²) in [6, 6.07) is 5.38. The van der Waals surface area contributed by atoms with E-state index >= 15 is 0 Å². The Bertz CT molecular complexity index is 561. The van der Waals surface area contributed by atoms with Gasteiger partial charge in [-0.2, -0.15) is 0 Å². The van der Waals surface area contributed by atoms with E-state index in [9.17, 15) is 4.79 Å². The van der Waals surface area contributed by atoms with Gasteiger partial charge in [0, 0.05) is 6.20 Å². The molecule has 0 amide bonds. The van der Waals surface area contributed by atoms with E-state index < -0.39 is 5.97 Å². The number of carbonyl (C=O) groups is 1. The number of esters is 1. The normalized spacial score (nSPS) is 10.1. The molecule has 0 spiro atoms. The molecular weight excluding hydrogens is 232 g/mol. The van der Waals surface area contributed by atoms with Crippen molar-refractivity contribution < 1.29 is 14.1 Å². The van der Waals surface area contributed by atoms with E-state index in [1.165, 1.54) is 6.08 Å². The maximum absolute atomic E-state index is 11.7. The second kappa shape index (κ2) is 5.27. The van der Waals surface area contributed by atoms with Crippen LogP contribution in [-0.4, -0.2) is 22.7 Å². The number of hydrogen-bond acceptors (Lipinski definition) is 5. The molecule has 0 radical (unpaired) electrons. The van der Waals surface area contributed by atoms with E-state index in [1.807, 2.05) is 6.07 Å². The molecule has 0 bridgehead atoms. The summed E-state index contributed by atoms with van der Waals surface area (Å²) < 4.78 is 10.0. The highest BCUT2D eigenvalue weighted by Crippen LogP contribution is 2.25. The van der Waals surface area contributed by atoms with Crippen molar-refractivity contribution in [1.82, 2.24) is 10.1 Å². The Morgan fingerprint density at radius 2 is 2.39 bits per heavy atom. The minimum Gasteiger partial charge on any atom is -0.461 e. The number of aromatic nitrogens is 2. The molecule has 0 aliphatic carbocycles. The van der Waals surface area contributed by atoms with E-state index in [-0.39, 0.29) is 12.3 Å². The molecule has 0 aliphatic heterocycles. The zero-order chi connectivity index (χ0) is 13.0. The first-order chi connectivity index (χ1) is 8.77. The SMILES string of the molecule is C=Cc1c(C(=O)OCC)noc1-c1ccccn1. The van der Waals surface area contributed by atoms with Gasteiger partial charge in [0.05, 0.1) is 12.2 Å². The standard InChI is InChI=1S/C13H12N2O3/c1-3-9-11(13(16)17-4-2)15-18-12(9)10-7-5-6-8-14-10/h3,5-8H,1,4H2,2H3. The van der Waals surface area contributed by atoms with Gasteiger partial charge in [-0.1, -0.05) is 23.9 Å². The predicted octanol–water partition coefficient (Wildman–Crippen LogP) is 2.56. The van der Waals surface area contributed by atoms with Crippen molar-refractivity contribution in [3.63, 3.8) is 0 Å². The van der Waals surface area contributed by atoms with Crippen LogP contribution in [-0.2, 0) is 4.74 Å². The first-order valence-corrected chi connectivity index (χ1v) is 5.48. The molecule has 0 aromatic carbocycles. The molecule has 0 aliphatic rings. The molecule has 0 atom stereocenters. The highest BCUT2D eigenvalue weighted by molar-refractivity contribution is 5.93. The average Bonchev–Trinajstić information content (AvgIpc) is 2.83. The van der Waals surface area contributed by atoms with Crippen LogP contribution in [0.3, 0.4) is 0 Å². The number of ether oxygens (including phenoxy) is 1. The van der Waals surface area contributed by atoms with Crippen LogP contribution in [0.5, 0.6) is 0 Å². The van der Waals surface area contributed by atoms with Crippen LogP contribution in [0.15, 0.2) is 35.5 Å². The number of rotatable bonds is 4. The Hall–Kier alpha value is -2.43. The van der Waals surface area contributed by atoms with Gasteiger partial charge in [-0.3, -0.25) is 4.98 Å². The van der Waals surface area contributed by atoms with Gasteiger partial charge in [0.25, 0.3) is 0 Å². The molecule has 92 valence electrons. The zero-order valence-corrected chi connectivity index (χ0v) is 9.92. The molecule has 0 unspecified atom stereocenters. The fourth-order valence-electron chi connectivity index (χ4n) is 1.52. The molecule has 0 saturated heterocycles. The van der Waals surface area contributed by atoms with Gasteiger partial charge in [0.2, 0.25) is 0 Å². The third-order valence-corrected chi connectivity index (χ3v) is 2.30. The molecule has 0 N–H and O–H groups in total. The van der Waals surface area contributed by atoms with Crippen molar-refractivity contribution in [2.75, 3.05) is 6.61 Å². The molecule has 2 aromatic heterocycles. The second-order valence-corrected chi connectivity index (χ2v) is 3.41. The lowest BCUT2D eigenvalue weighted by Gasteiger charge is -1.99. The van der Waals surface area contributed by atoms with Crippen molar-refractivity contribution >= 4 is 12.0 Å². The van der Waals surface area contributed by atoms with Crippen LogP contribution in [0.2, 0.25) is 0 Å². The third kappa shape index (κ3) is 2.15. The summed E-state index contributed by atoms with van der Waals surface area (Å²) >= 11 is 0. The van der Waals surface area contributed by atoms with Crippen LogP contribution < -0.4 is 0 Å². The highest BCUT2D eigenvalue weighted by atomic mass is 16.5. The van der Waals surface area contributed by atoms with Gasteiger partial charge < -0.3 is 9.26 Å². The lowest BCUT2D eigenvalue weighted by atomic mass is 10.1. The molecule has 2 rings (SSSR count). The van der Waals surface area contributed by atoms with Crippen LogP contribution in [0.25, 0.3) is 17.5 Å². The number of pyridine rings is 1. The Morgan fingerprint density at radius 3 is 3.00 bits per heavy atom. The largest absolute Gasteiger partial charge is 0.461 e. The Kier molecular flexibility index (Phi) is 3.52. The van der Waals surface area contributed by atoms with E-state index in [4.69, 9.17) is 9.26 Å². The average molecular weight is 244 g/mol. The summed E-state index contributed by atoms with van der Waals surface area (Å²) in [4.78, 5) is 15.8. The van der Waals surface area contributed by atoms with Crippen molar-refractivity contribution in [1.29, 1.82) is 0 Å². The number of hydrogen-bond donors (Lipinski definition) is 0. The van der Waals surface area contributed by atoms with E-state index in [0.29, 0.717) is 17.0 Å². The van der Waals surface area contributed by atoms with Crippen LogP contribution in [0.1, 0.15) is 23.0 Å². The zero-order valence-electron chi connectivity index (χ0n) is 9.92. The van der Waals surface area contributed by atoms with Crippen molar-refractivity contribution in [3.05, 3.63) is 42.2 Å². The van der Waals surface area contributed by atoms with Gasteiger partial charge in [0.15, 0.2) is 11.5 Å². The fraction of sp³-hybridized carbons (Fsp3) is 0.154. The third-order valence-electron chi connectivity index (χ3n) is 2.30. The fourth-order valence-corrected chi connectivity index (χ4v) is 1.52. The van der Waals surface area contributed by atoms with Gasteiger partial charge >= 0.3 is 5.97 Å². The van der Waals surface area contributed by atoms with Gasteiger partial charge in [-0.15, -0.1) is 0 Å².